The molecule has 1 aromatic heterocycles. The number of carbonyl (C=O) groups excluding carboxylic acids is 1. The molecule has 0 amide bonds. The van der Waals surface area contributed by atoms with Crippen LogP contribution in [-0.2, 0) is 0 Å². The zero-order valence-electron chi connectivity index (χ0n) is 11.4. The van der Waals surface area contributed by atoms with Gasteiger partial charge in [0.1, 0.15) is 5.03 Å². The number of benzene rings is 2. The van der Waals surface area contributed by atoms with E-state index >= 15 is 0 Å². The highest BCUT2D eigenvalue weighted by atomic mass is 32.2. The van der Waals surface area contributed by atoms with Crippen LogP contribution in [0.1, 0.15) is 16.1 Å². The van der Waals surface area contributed by atoms with Gasteiger partial charge < -0.3 is 0 Å². The molecule has 1 heterocycles. The van der Waals surface area contributed by atoms with Gasteiger partial charge in [-0.05, 0) is 18.4 Å². The summed E-state index contributed by atoms with van der Waals surface area (Å²) in [6.07, 6.45) is 1.92. The maximum absolute atomic E-state index is 12.5. The standard InChI is InChI=1S/C16H13N3OS/c1-21-16-14(15(20)12-8-4-2-5-9-12)17-18-19(16)13-10-6-3-7-11-13/h2-11H,1H3. The number of aromatic nitrogens is 3. The molecule has 0 fully saturated rings. The summed E-state index contributed by atoms with van der Waals surface area (Å²) in [5.41, 5.74) is 1.90. The predicted octanol–water partition coefficient (Wildman–Crippen LogP) is 3.22. The predicted molar refractivity (Wildman–Crippen MR) is 83.0 cm³/mol. The fourth-order valence-corrected chi connectivity index (χ4v) is 2.70. The highest BCUT2D eigenvalue weighted by molar-refractivity contribution is 7.98. The van der Waals surface area contributed by atoms with E-state index < -0.39 is 0 Å². The van der Waals surface area contributed by atoms with E-state index in [1.807, 2.05) is 54.8 Å². The van der Waals surface area contributed by atoms with Crippen LogP contribution in [0.15, 0.2) is 65.7 Å². The Morgan fingerprint density at radius 2 is 1.62 bits per heavy atom. The number of rotatable bonds is 4. The summed E-state index contributed by atoms with van der Waals surface area (Å²) in [7, 11) is 0. The summed E-state index contributed by atoms with van der Waals surface area (Å²) < 4.78 is 1.70. The van der Waals surface area contributed by atoms with Crippen molar-refractivity contribution in [2.75, 3.05) is 6.26 Å². The first-order chi connectivity index (χ1) is 10.3. The molecule has 5 heteroatoms. The second-order valence-electron chi connectivity index (χ2n) is 4.39. The van der Waals surface area contributed by atoms with Crippen molar-refractivity contribution in [1.82, 2.24) is 15.0 Å². The molecule has 3 aromatic rings. The van der Waals surface area contributed by atoms with Crippen LogP contribution in [-0.4, -0.2) is 27.0 Å². The molecule has 0 aliphatic heterocycles. The molecule has 4 nitrogen and oxygen atoms in total. The number of para-hydroxylation sites is 1. The third-order valence-corrected chi connectivity index (χ3v) is 3.83. The number of thioether (sulfide) groups is 1. The Morgan fingerprint density at radius 3 is 2.24 bits per heavy atom. The zero-order valence-corrected chi connectivity index (χ0v) is 12.2. The van der Waals surface area contributed by atoms with Crippen LogP contribution in [0, 0.1) is 0 Å². The number of hydrogen-bond acceptors (Lipinski definition) is 4. The van der Waals surface area contributed by atoms with Crippen molar-refractivity contribution < 1.29 is 4.79 Å². The minimum Gasteiger partial charge on any atom is -0.287 e. The van der Waals surface area contributed by atoms with Gasteiger partial charge in [-0.2, -0.15) is 0 Å². The van der Waals surface area contributed by atoms with Gasteiger partial charge in [-0.15, -0.1) is 16.9 Å². The van der Waals surface area contributed by atoms with Crippen LogP contribution >= 0.6 is 11.8 Å². The van der Waals surface area contributed by atoms with Crippen molar-refractivity contribution in [2.24, 2.45) is 0 Å². The van der Waals surface area contributed by atoms with Crippen molar-refractivity contribution >= 4 is 17.5 Å². The van der Waals surface area contributed by atoms with E-state index in [9.17, 15) is 4.79 Å². The highest BCUT2D eigenvalue weighted by Gasteiger charge is 2.21. The van der Waals surface area contributed by atoms with Crippen LogP contribution in [0.2, 0.25) is 0 Å². The minimum atomic E-state index is -0.109. The molecule has 0 saturated carbocycles. The van der Waals surface area contributed by atoms with Gasteiger partial charge in [0.25, 0.3) is 0 Å². The molecule has 21 heavy (non-hydrogen) atoms. The molecule has 104 valence electrons. The van der Waals surface area contributed by atoms with Crippen molar-refractivity contribution in [1.29, 1.82) is 0 Å². The highest BCUT2D eigenvalue weighted by Crippen LogP contribution is 2.24. The molecule has 3 rings (SSSR count). The van der Waals surface area contributed by atoms with E-state index in [1.54, 1.807) is 16.8 Å². The summed E-state index contributed by atoms with van der Waals surface area (Å²) in [4.78, 5) is 12.5. The summed E-state index contributed by atoms with van der Waals surface area (Å²) in [6.45, 7) is 0. The third kappa shape index (κ3) is 2.60. The first kappa shape index (κ1) is 13.6. The molecule has 0 aliphatic rings. The van der Waals surface area contributed by atoms with Gasteiger partial charge in [-0.25, -0.2) is 4.68 Å². The largest absolute Gasteiger partial charge is 0.287 e. The molecule has 0 spiro atoms. The lowest BCUT2D eigenvalue weighted by Crippen LogP contribution is -2.04. The van der Waals surface area contributed by atoms with Crippen molar-refractivity contribution in [3.63, 3.8) is 0 Å². The minimum absolute atomic E-state index is 0.109. The Labute approximate surface area is 126 Å². The Morgan fingerprint density at radius 1 is 1.00 bits per heavy atom. The molecule has 0 radical (unpaired) electrons. The number of carbonyl (C=O) groups is 1. The topological polar surface area (TPSA) is 47.8 Å². The summed E-state index contributed by atoms with van der Waals surface area (Å²) in [6, 6.07) is 18.8. The molecule has 0 bridgehead atoms. The molecule has 0 atom stereocenters. The Bertz CT molecular complexity index is 754. The third-order valence-electron chi connectivity index (χ3n) is 3.07. The summed E-state index contributed by atoms with van der Waals surface area (Å²) in [5, 5.41) is 8.96. The lowest BCUT2D eigenvalue weighted by molar-refractivity contribution is 0.103. The van der Waals surface area contributed by atoms with Gasteiger partial charge in [0, 0.05) is 5.56 Å². The summed E-state index contributed by atoms with van der Waals surface area (Å²) >= 11 is 1.46. The van der Waals surface area contributed by atoms with E-state index in [0.717, 1.165) is 10.7 Å². The van der Waals surface area contributed by atoms with Gasteiger partial charge >= 0.3 is 0 Å². The van der Waals surface area contributed by atoms with Crippen LogP contribution in [0.5, 0.6) is 0 Å². The molecule has 0 unspecified atom stereocenters. The zero-order chi connectivity index (χ0) is 14.7. The van der Waals surface area contributed by atoms with Gasteiger partial charge in [0.05, 0.1) is 5.69 Å². The molecule has 0 aliphatic carbocycles. The van der Waals surface area contributed by atoms with E-state index in [1.165, 1.54) is 11.8 Å². The lowest BCUT2D eigenvalue weighted by Gasteiger charge is -2.04. The Kier molecular flexibility index (Phi) is 3.83. The van der Waals surface area contributed by atoms with Crippen LogP contribution in [0.4, 0.5) is 0 Å². The SMILES string of the molecule is CSc1c(C(=O)c2ccccc2)nnn1-c1ccccc1. The normalized spacial score (nSPS) is 10.5. The Balaban J connectivity index is 2.06. The van der Waals surface area contributed by atoms with Crippen LogP contribution in [0.3, 0.4) is 0 Å². The second-order valence-corrected chi connectivity index (χ2v) is 5.18. The number of nitrogens with zero attached hydrogens (tertiary/aromatic N) is 3. The molecule has 0 N–H and O–H groups in total. The van der Waals surface area contributed by atoms with E-state index in [0.29, 0.717) is 11.3 Å². The van der Waals surface area contributed by atoms with E-state index in [4.69, 9.17) is 0 Å². The molecule has 0 saturated heterocycles. The fraction of sp³-hybridized carbons (Fsp3) is 0.0625. The maximum atomic E-state index is 12.5. The van der Waals surface area contributed by atoms with Crippen molar-refractivity contribution in [3.8, 4) is 5.69 Å². The van der Waals surface area contributed by atoms with Gasteiger partial charge in [-0.3, -0.25) is 4.79 Å². The van der Waals surface area contributed by atoms with Crippen LogP contribution in [0.25, 0.3) is 5.69 Å². The average molecular weight is 295 g/mol. The lowest BCUT2D eigenvalue weighted by atomic mass is 10.1. The van der Waals surface area contributed by atoms with E-state index in [2.05, 4.69) is 10.3 Å². The quantitative estimate of drug-likeness (QED) is 0.548. The molecule has 2 aromatic carbocycles. The van der Waals surface area contributed by atoms with Crippen molar-refractivity contribution in [3.05, 3.63) is 71.9 Å². The summed E-state index contributed by atoms with van der Waals surface area (Å²) in [5.74, 6) is -0.109. The van der Waals surface area contributed by atoms with Crippen LogP contribution < -0.4 is 0 Å². The van der Waals surface area contributed by atoms with Gasteiger partial charge in [-0.1, -0.05) is 53.7 Å². The smallest absolute Gasteiger partial charge is 0.216 e. The molecular weight excluding hydrogens is 282 g/mol. The van der Waals surface area contributed by atoms with Crippen molar-refractivity contribution in [2.45, 2.75) is 5.03 Å². The number of hydrogen-bond donors (Lipinski definition) is 0. The fourth-order valence-electron chi connectivity index (χ4n) is 2.06. The Hall–Kier alpha value is -2.40. The second kappa shape index (κ2) is 5.93. The monoisotopic (exact) mass is 295 g/mol. The van der Waals surface area contributed by atoms with Gasteiger partial charge in [0.15, 0.2) is 5.69 Å². The maximum Gasteiger partial charge on any atom is 0.216 e. The van der Waals surface area contributed by atoms with Gasteiger partial charge in [0.2, 0.25) is 5.78 Å². The van der Waals surface area contributed by atoms with E-state index in [-0.39, 0.29) is 5.78 Å². The first-order valence-electron chi connectivity index (χ1n) is 6.46. The first-order valence-corrected chi connectivity index (χ1v) is 7.68. The number of ketones is 1. The average Bonchev–Trinajstić information content (AvgIpc) is 2.99. The molecular formula is C16H13N3OS.